The Morgan fingerprint density at radius 1 is 1.16 bits per heavy atom. The van der Waals surface area contributed by atoms with Crippen LogP contribution >= 0.6 is 11.6 Å². The summed E-state index contributed by atoms with van der Waals surface area (Å²) in [5.74, 6) is -0.970. The summed E-state index contributed by atoms with van der Waals surface area (Å²) in [6, 6.07) is 8.31. The first kappa shape index (κ1) is 21.4. The molecule has 8 nitrogen and oxygen atoms in total. The van der Waals surface area contributed by atoms with E-state index in [1.54, 1.807) is 38.2 Å². The summed E-state index contributed by atoms with van der Waals surface area (Å²) in [6.45, 7) is 1.92. The zero-order chi connectivity index (χ0) is 22.2. The average Bonchev–Trinajstić information content (AvgIpc) is 3.18. The summed E-state index contributed by atoms with van der Waals surface area (Å²) in [5.41, 5.74) is -0.117. The van der Waals surface area contributed by atoms with Gasteiger partial charge in [0.05, 0.1) is 6.54 Å². The molecule has 2 N–H and O–H groups in total. The molecule has 4 rings (SSSR count). The number of nitrogens with one attached hydrogen (secondary N) is 2. The lowest BCUT2D eigenvalue weighted by Crippen LogP contribution is -2.63. The average molecular weight is 444 g/mol. The maximum Gasteiger partial charge on any atom is 0.276 e. The van der Waals surface area contributed by atoms with Gasteiger partial charge in [0.25, 0.3) is 11.8 Å². The molecule has 1 atom stereocenters. The predicted molar refractivity (Wildman–Crippen MR) is 117 cm³/mol. The normalized spacial score (nSPS) is 21.5. The van der Waals surface area contributed by atoms with E-state index in [0.29, 0.717) is 10.7 Å². The third-order valence-electron chi connectivity index (χ3n) is 6.27. The SMILES string of the molecule is CN1C(=O)c2cc(C(=O)Nc3ccc(Cl)cc3)nn2C[C@@]1(C)C(=O)NC1CCCCC1. The molecule has 164 valence electrons. The van der Waals surface area contributed by atoms with Crippen molar-refractivity contribution in [1.82, 2.24) is 20.0 Å². The fourth-order valence-corrected chi connectivity index (χ4v) is 4.28. The van der Waals surface area contributed by atoms with Gasteiger partial charge in [-0.1, -0.05) is 30.9 Å². The lowest BCUT2D eigenvalue weighted by molar-refractivity contribution is -0.133. The van der Waals surface area contributed by atoms with E-state index in [-0.39, 0.29) is 35.8 Å². The molecule has 0 spiro atoms. The fraction of sp³-hybridized carbons (Fsp3) is 0.455. The van der Waals surface area contributed by atoms with Crippen LogP contribution in [0.2, 0.25) is 5.02 Å². The van der Waals surface area contributed by atoms with Crippen molar-refractivity contribution in [2.45, 2.75) is 57.2 Å². The summed E-state index contributed by atoms with van der Waals surface area (Å²) in [5, 5.41) is 10.7. The number of nitrogens with zero attached hydrogens (tertiary/aromatic N) is 3. The molecule has 1 aromatic carbocycles. The molecule has 2 aromatic rings. The zero-order valence-electron chi connectivity index (χ0n) is 17.7. The van der Waals surface area contributed by atoms with Crippen LogP contribution in [-0.2, 0) is 11.3 Å². The molecule has 2 aliphatic rings. The van der Waals surface area contributed by atoms with E-state index >= 15 is 0 Å². The van der Waals surface area contributed by atoms with Gasteiger partial charge in [-0.3, -0.25) is 19.1 Å². The van der Waals surface area contributed by atoms with E-state index in [1.807, 2.05) is 0 Å². The minimum absolute atomic E-state index is 0.114. The number of carbonyl (C=O) groups excluding carboxylic acids is 3. The van der Waals surface area contributed by atoms with Gasteiger partial charge >= 0.3 is 0 Å². The van der Waals surface area contributed by atoms with Gasteiger partial charge in [0, 0.05) is 29.9 Å². The molecular weight excluding hydrogens is 418 g/mol. The maximum atomic E-state index is 13.1. The van der Waals surface area contributed by atoms with E-state index < -0.39 is 11.4 Å². The number of anilines is 1. The van der Waals surface area contributed by atoms with Crippen LogP contribution in [0.15, 0.2) is 30.3 Å². The Morgan fingerprint density at radius 2 is 1.84 bits per heavy atom. The number of amides is 3. The van der Waals surface area contributed by atoms with Gasteiger partial charge in [0.15, 0.2) is 5.69 Å². The van der Waals surface area contributed by atoms with Crippen LogP contribution in [0.1, 0.15) is 60.0 Å². The van der Waals surface area contributed by atoms with Crippen molar-refractivity contribution < 1.29 is 14.4 Å². The molecule has 3 amide bonds. The second-order valence-corrected chi connectivity index (χ2v) is 8.92. The first-order valence-electron chi connectivity index (χ1n) is 10.5. The number of fused-ring (bicyclic) bond motifs is 1. The summed E-state index contributed by atoms with van der Waals surface area (Å²) < 4.78 is 1.46. The molecular formula is C22H26ClN5O3. The Bertz CT molecular complexity index is 1010. The highest BCUT2D eigenvalue weighted by Crippen LogP contribution is 2.27. The largest absolute Gasteiger partial charge is 0.351 e. The molecule has 0 unspecified atom stereocenters. The van der Waals surface area contributed by atoms with Crippen molar-refractivity contribution in [3.8, 4) is 0 Å². The maximum absolute atomic E-state index is 13.1. The van der Waals surface area contributed by atoms with Crippen LogP contribution in [0.3, 0.4) is 0 Å². The third kappa shape index (κ3) is 4.17. The Balaban J connectivity index is 1.53. The Hall–Kier alpha value is -2.87. The van der Waals surface area contributed by atoms with Crippen molar-refractivity contribution in [2.24, 2.45) is 0 Å². The highest BCUT2D eigenvalue weighted by atomic mass is 35.5. The topological polar surface area (TPSA) is 96.3 Å². The van der Waals surface area contributed by atoms with E-state index in [4.69, 9.17) is 11.6 Å². The molecule has 0 saturated heterocycles. The number of halogens is 1. The van der Waals surface area contributed by atoms with Crippen LogP contribution in [0.4, 0.5) is 5.69 Å². The second kappa shape index (κ2) is 8.34. The third-order valence-corrected chi connectivity index (χ3v) is 6.52. The molecule has 1 aliphatic heterocycles. The van der Waals surface area contributed by atoms with Gasteiger partial charge in [-0.15, -0.1) is 0 Å². The van der Waals surface area contributed by atoms with Crippen LogP contribution in [-0.4, -0.2) is 51.0 Å². The Morgan fingerprint density at radius 3 is 2.52 bits per heavy atom. The van der Waals surface area contributed by atoms with Crippen molar-refractivity contribution in [1.29, 1.82) is 0 Å². The second-order valence-electron chi connectivity index (χ2n) is 8.48. The molecule has 1 fully saturated rings. The smallest absolute Gasteiger partial charge is 0.276 e. The van der Waals surface area contributed by atoms with E-state index in [1.165, 1.54) is 22.1 Å². The first-order valence-corrected chi connectivity index (χ1v) is 10.9. The number of rotatable bonds is 4. The minimum Gasteiger partial charge on any atom is -0.351 e. The molecule has 31 heavy (non-hydrogen) atoms. The summed E-state index contributed by atoms with van der Waals surface area (Å²) in [7, 11) is 1.62. The van der Waals surface area contributed by atoms with E-state index in [2.05, 4.69) is 15.7 Å². The molecule has 1 aliphatic carbocycles. The zero-order valence-corrected chi connectivity index (χ0v) is 18.4. The molecule has 1 aromatic heterocycles. The van der Waals surface area contributed by atoms with Gasteiger partial charge in [-0.05, 0) is 44.0 Å². The summed E-state index contributed by atoms with van der Waals surface area (Å²) in [4.78, 5) is 40.2. The predicted octanol–water partition coefficient (Wildman–Crippen LogP) is 3.08. The number of carbonyl (C=O) groups is 3. The fourth-order valence-electron chi connectivity index (χ4n) is 4.15. The highest BCUT2D eigenvalue weighted by Gasteiger charge is 2.46. The van der Waals surface area contributed by atoms with Crippen LogP contribution in [0.5, 0.6) is 0 Å². The monoisotopic (exact) mass is 443 g/mol. The number of hydrogen-bond donors (Lipinski definition) is 2. The van der Waals surface area contributed by atoms with Crippen LogP contribution < -0.4 is 10.6 Å². The number of aromatic nitrogens is 2. The Labute approximate surface area is 185 Å². The lowest BCUT2D eigenvalue weighted by atomic mass is 9.92. The molecule has 9 heteroatoms. The van der Waals surface area contributed by atoms with Gasteiger partial charge in [-0.25, -0.2) is 0 Å². The summed E-state index contributed by atoms with van der Waals surface area (Å²) >= 11 is 5.87. The number of likely N-dealkylation sites (N-methyl/N-ethyl adjacent to an activating group) is 1. The van der Waals surface area contributed by atoms with Crippen molar-refractivity contribution in [3.05, 3.63) is 46.7 Å². The minimum atomic E-state index is -1.09. The van der Waals surface area contributed by atoms with E-state index in [0.717, 1.165) is 25.7 Å². The first-order chi connectivity index (χ1) is 14.8. The van der Waals surface area contributed by atoms with Gasteiger partial charge < -0.3 is 15.5 Å². The standard InChI is InChI=1S/C22H26ClN5O3/c1-22(21(31)25-15-6-4-3-5-7-15)13-28-18(20(30)27(22)2)12-17(26-28)19(29)24-16-10-8-14(23)9-11-16/h8-12,15H,3-7,13H2,1-2H3,(H,24,29)(H,25,31)/t22-/m0/s1. The number of benzene rings is 1. The molecule has 0 radical (unpaired) electrons. The quantitative estimate of drug-likeness (QED) is 0.758. The Kier molecular flexibility index (Phi) is 5.75. The van der Waals surface area contributed by atoms with Crippen LogP contribution in [0, 0.1) is 0 Å². The van der Waals surface area contributed by atoms with Gasteiger partial charge in [0.2, 0.25) is 5.91 Å². The molecule has 2 heterocycles. The van der Waals surface area contributed by atoms with Gasteiger partial charge in [-0.2, -0.15) is 5.10 Å². The lowest BCUT2D eigenvalue weighted by Gasteiger charge is -2.41. The van der Waals surface area contributed by atoms with Crippen molar-refractivity contribution in [3.63, 3.8) is 0 Å². The van der Waals surface area contributed by atoms with E-state index in [9.17, 15) is 14.4 Å². The number of hydrogen-bond acceptors (Lipinski definition) is 4. The molecule has 0 bridgehead atoms. The highest BCUT2D eigenvalue weighted by molar-refractivity contribution is 6.30. The molecule has 1 saturated carbocycles. The van der Waals surface area contributed by atoms with Crippen LogP contribution in [0.25, 0.3) is 0 Å². The van der Waals surface area contributed by atoms with Gasteiger partial charge in [0.1, 0.15) is 11.2 Å². The van der Waals surface area contributed by atoms with Crippen molar-refractivity contribution in [2.75, 3.05) is 12.4 Å². The van der Waals surface area contributed by atoms with Crippen molar-refractivity contribution >= 4 is 35.0 Å². The summed E-state index contributed by atoms with van der Waals surface area (Å²) in [6.07, 6.45) is 5.32.